The highest BCUT2D eigenvalue weighted by molar-refractivity contribution is 7.07. The van der Waals surface area contributed by atoms with Crippen molar-refractivity contribution in [3.05, 3.63) is 22.4 Å². The predicted octanol–water partition coefficient (Wildman–Crippen LogP) is 1.23. The van der Waals surface area contributed by atoms with E-state index in [2.05, 4.69) is 0 Å². The molecule has 0 aromatic carbocycles. The summed E-state index contributed by atoms with van der Waals surface area (Å²) >= 11 is 1.55. The molecule has 0 N–H and O–H groups in total. The van der Waals surface area contributed by atoms with Crippen molar-refractivity contribution in [2.75, 3.05) is 7.05 Å². The van der Waals surface area contributed by atoms with Gasteiger partial charge in [0.15, 0.2) is 6.19 Å². The molecule has 0 bridgehead atoms. The van der Waals surface area contributed by atoms with E-state index < -0.39 is 0 Å². The van der Waals surface area contributed by atoms with E-state index in [0.29, 0.717) is 6.42 Å². The maximum absolute atomic E-state index is 11.1. The lowest BCUT2D eigenvalue weighted by atomic mass is 10.2. The summed E-state index contributed by atoms with van der Waals surface area (Å²) in [5, 5.41) is 12.2. The largest absolute Gasteiger partial charge is 0.273 e. The highest BCUT2D eigenvalue weighted by Crippen LogP contribution is 2.07. The molecule has 0 radical (unpaired) electrons. The first-order valence-corrected chi connectivity index (χ1v) is 4.35. The van der Waals surface area contributed by atoms with Crippen molar-refractivity contribution in [1.82, 2.24) is 4.90 Å². The van der Waals surface area contributed by atoms with E-state index >= 15 is 0 Å². The lowest BCUT2D eigenvalue weighted by Gasteiger charge is -2.04. The van der Waals surface area contributed by atoms with Crippen LogP contribution in [-0.4, -0.2) is 17.9 Å². The Hall–Kier alpha value is -1.34. The van der Waals surface area contributed by atoms with Gasteiger partial charge >= 0.3 is 0 Å². The molecule has 0 atom stereocenters. The molecule has 1 amide bonds. The summed E-state index contributed by atoms with van der Waals surface area (Å²) in [6.45, 7) is 0. The Kier molecular flexibility index (Phi) is 2.83. The summed E-state index contributed by atoms with van der Waals surface area (Å²) in [4.78, 5) is 12.2. The van der Waals surface area contributed by atoms with Crippen molar-refractivity contribution in [2.24, 2.45) is 0 Å². The fourth-order valence-corrected chi connectivity index (χ4v) is 1.41. The summed E-state index contributed by atoms with van der Waals surface area (Å²) < 4.78 is 0. The van der Waals surface area contributed by atoms with Gasteiger partial charge in [0.1, 0.15) is 0 Å². The summed E-state index contributed by atoms with van der Waals surface area (Å²) in [6.07, 6.45) is 2.08. The number of rotatable bonds is 2. The highest BCUT2D eigenvalue weighted by Gasteiger charge is 2.07. The molecule has 12 heavy (non-hydrogen) atoms. The van der Waals surface area contributed by atoms with Gasteiger partial charge in [-0.3, -0.25) is 9.69 Å². The first-order chi connectivity index (χ1) is 5.74. The second-order valence-electron chi connectivity index (χ2n) is 2.36. The van der Waals surface area contributed by atoms with Crippen LogP contribution in [0.3, 0.4) is 0 Å². The van der Waals surface area contributed by atoms with Crippen molar-refractivity contribution >= 4 is 17.2 Å². The SMILES string of the molecule is CN(C#N)C(=O)Cc1ccsc1. The minimum absolute atomic E-state index is 0.170. The normalized spacial score (nSPS) is 9.00. The van der Waals surface area contributed by atoms with Crippen LogP contribution in [0.15, 0.2) is 16.8 Å². The maximum Gasteiger partial charge on any atom is 0.239 e. The molecule has 1 aromatic heterocycles. The van der Waals surface area contributed by atoms with E-state index in [4.69, 9.17) is 5.26 Å². The second kappa shape index (κ2) is 3.88. The number of carbonyl (C=O) groups is 1. The number of hydrogen-bond acceptors (Lipinski definition) is 3. The third kappa shape index (κ3) is 2.07. The Bertz CT molecular complexity index is 299. The fraction of sp³-hybridized carbons (Fsp3) is 0.250. The molecule has 0 spiro atoms. The minimum Gasteiger partial charge on any atom is -0.273 e. The molecule has 1 aromatic rings. The molecule has 62 valence electrons. The molecule has 4 heteroatoms. The van der Waals surface area contributed by atoms with Gasteiger partial charge in [0, 0.05) is 7.05 Å². The Labute approximate surface area is 74.8 Å². The molecule has 0 saturated heterocycles. The van der Waals surface area contributed by atoms with Gasteiger partial charge in [-0.25, -0.2) is 0 Å². The van der Waals surface area contributed by atoms with E-state index in [1.165, 1.54) is 7.05 Å². The van der Waals surface area contributed by atoms with Gasteiger partial charge in [0.05, 0.1) is 6.42 Å². The van der Waals surface area contributed by atoms with E-state index in [0.717, 1.165) is 10.5 Å². The van der Waals surface area contributed by atoms with Gasteiger partial charge in [-0.2, -0.15) is 16.6 Å². The van der Waals surface area contributed by atoms with Gasteiger partial charge in [-0.1, -0.05) is 0 Å². The molecule has 0 saturated carbocycles. The zero-order chi connectivity index (χ0) is 8.97. The van der Waals surface area contributed by atoms with Crippen molar-refractivity contribution in [1.29, 1.82) is 5.26 Å². The third-order valence-corrected chi connectivity index (χ3v) is 2.19. The molecular formula is C8H8N2OS. The van der Waals surface area contributed by atoms with Crippen molar-refractivity contribution in [3.8, 4) is 6.19 Å². The Balaban J connectivity index is 2.54. The third-order valence-electron chi connectivity index (χ3n) is 1.46. The van der Waals surface area contributed by atoms with Crippen LogP contribution in [0.5, 0.6) is 0 Å². The van der Waals surface area contributed by atoms with Crippen LogP contribution in [0, 0.1) is 11.5 Å². The topological polar surface area (TPSA) is 44.1 Å². The van der Waals surface area contributed by atoms with Crippen molar-refractivity contribution in [2.45, 2.75) is 6.42 Å². The number of likely N-dealkylation sites (N-methyl/N-ethyl adjacent to an activating group) is 1. The molecule has 0 unspecified atom stereocenters. The van der Waals surface area contributed by atoms with Gasteiger partial charge in [0.2, 0.25) is 5.91 Å². The van der Waals surface area contributed by atoms with Crippen LogP contribution in [0.1, 0.15) is 5.56 Å². The van der Waals surface area contributed by atoms with Crippen LogP contribution in [0.2, 0.25) is 0 Å². The van der Waals surface area contributed by atoms with Crippen LogP contribution >= 0.6 is 11.3 Å². The van der Waals surface area contributed by atoms with Crippen LogP contribution in [0.4, 0.5) is 0 Å². The molecule has 0 fully saturated rings. The van der Waals surface area contributed by atoms with Crippen LogP contribution in [-0.2, 0) is 11.2 Å². The first-order valence-electron chi connectivity index (χ1n) is 3.41. The number of hydrogen-bond donors (Lipinski definition) is 0. The van der Waals surface area contributed by atoms with Crippen LogP contribution in [0.25, 0.3) is 0 Å². The average Bonchev–Trinajstić information content (AvgIpc) is 2.55. The Morgan fingerprint density at radius 2 is 2.58 bits per heavy atom. The lowest BCUT2D eigenvalue weighted by Crippen LogP contribution is -2.22. The van der Waals surface area contributed by atoms with Crippen molar-refractivity contribution in [3.63, 3.8) is 0 Å². The number of thiophene rings is 1. The molecule has 0 aliphatic rings. The standard InChI is InChI=1S/C8H8N2OS/c1-10(6-9)8(11)4-7-2-3-12-5-7/h2-3,5H,4H2,1H3. The fourth-order valence-electron chi connectivity index (χ4n) is 0.742. The molecule has 1 rings (SSSR count). The molecule has 0 aliphatic heterocycles. The average molecular weight is 180 g/mol. The van der Waals surface area contributed by atoms with Gasteiger partial charge in [0.25, 0.3) is 0 Å². The summed E-state index contributed by atoms with van der Waals surface area (Å²) in [7, 11) is 1.47. The van der Waals surface area contributed by atoms with Gasteiger partial charge in [-0.15, -0.1) is 0 Å². The molecule has 1 heterocycles. The zero-order valence-electron chi connectivity index (χ0n) is 6.65. The van der Waals surface area contributed by atoms with Crippen molar-refractivity contribution < 1.29 is 4.79 Å². The summed E-state index contributed by atoms with van der Waals surface area (Å²) in [6, 6.07) is 1.88. The predicted molar refractivity (Wildman–Crippen MR) is 46.4 cm³/mol. The molecule has 0 aliphatic carbocycles. The zero-order valence-corrected chi connectivity index (χ0v) is 7.47. The summed E-state index contributed by atoms with van der Waals surface area (Å²) in [5.74, 6) is -0.170. The van der Waals surface area contributed by atoms with E-state index in [1.807, 2.05) is 16.8 Å². The number of nitrogens with zero attached hydrogens (tertiary/aromatic N) is 2. The molecular weight excluding hydrogens is 172 g/mol. The first kappa shape index (κ1) is 8.75. The maximum atomic E-state index is 11.1. The second-order valence-corrected chi connectivity index (χ2v) is 3.14. The Morgan fingerprint density at radius 3 is 3.08 bits per heavy atom. The lowest BCUT2D eigenvalue weighted by molar-refractivity contribution is -0.126. The number of nitriles is 1. The van der Waals surface area contributed by atoms with E-state index in [-0.39, 0.29) is 5.91 Å². The van der Waals surface area contributed by atoms with Crippen LogP contribution < -0.4 is 0 Å². The highest BCUT2D eigenvalue weighted by atomic mass is 32.1. The quantitative estimate of drug-likeness (QED) is 0.507. The smallest absolute Gasteiger partial charge is 0.239 e. The number of amides is 1. The number of carbonyl (C=O) groups excluding carboxylic acids is 1. The summed E-state index contributed by atoms with van der Waals surface area (Å²) in [5.41, 5.74) is 0.965. The Morgan fingerprint density at radius 1 is 1.83 bits per heavy atom. The molecule has 3 nitrogen and oxygen atoms in total. The monoisotopic (exact) mass is 180 g/mol. The van der Waals surface area contributed by atoms with E-state index in [9.17, 15) is 4.79 Å². The van der Waals surface area contributed by atoms with Gasteiger partial charge in [-0.05, 0) is 22.4 Å². The van der Waals surface area contributed by atoms with Gasteiger partial charge < -0.3 is 0 Å². The minimum atomic E-state index is -0.170. The van der Waals surface area contributed by atoms with E-state index in [1.54, 1.807) is 17.5 Å².